The molecule has 0 aliphatic heterocycles. The number of ketones is 1. The first-order valence-electron chi connectivity index (χ1n) is 11.6. The predicted octanol–water partition coefficient (Wildman–Crippen LogP) is 4.20. The van der Waals surface area contributed by atoms with Gasteiger partial charge in [-0.3, -0.25) is 9.89 Å². The normalized spacial score (nSPS) is 13.5. The van der Waals surface area contributed by atoms with E-state index in [9.17, 15) is 9.90 Å². The maximum absolute atomic E-state index is 12.1. The smallest absolute Gasteiger partial charge is 0.228 e. The monoisotopic (exact) mass is 452 g/mol. The molecule has 3 N–H and O–H groups in total. The van der Waals surface area contributed by atoms with Crippen LogP contribution in [-0.4, -0.2) is 43.3 Å². The maximum atomic E-state index is 12.1. The number of nitrogens with zero attached hydrogens (tertiary/aromatic N) is 4. The van der Waals surface area contributed by atoms with Gasteiger partial charge >= 0.3 is 0 Å². The number of aromatic nitrogens is 4. The van der Waals surface area contributed by atoms with Crippen LogP contribution in [0.15, 0.2) is 29.3 Å². The molecule has 0 fully saturated rings. The lowest BCUT2D eigenvalue weighted by Gasteiger charge is -2.19. The summed E-state index contributed by atoms with van der Waals surface area (Å²) in [6.45, 7) is 14.5. The highest BCUT2D eigenvalue weighted by molar-refractivity contribution is 5.95. The minimum Gasteiger partial charge on any atom is -0.394 e. The van der Waals surface area contributed by atoms with E-state index in [2.05, 4.69) is 47.8 Å². The molecule has 0 saturated heterocycles. The first kappa shape index (κ1) is 24.6. The van der Waals surface area contributed by atoms with Crippen molar-refractivity contribution in [2.24, 2.45) is 10.9 Å². The molecule has 3 rings (SSSR count). The topological polar surface area (TPSA) is 108 Å². The second kappa shape index (κ2) is 10.3. The highest BCUT2D eigenvalue weighted by Gasteiger charge is 2.21. The van der Waals surface area contributed by atoms with E-state index < -0.39 is 0 Å². The molecule has 1 aromatic carbocycles. The Bertz CT molecular complexity index is 1190. The van der Waals surface area contributed by atoms with Crippen LogP contribution >= 0.6 is 0 Å². The number of fused-ring (bicyclic) bond motifs is 1. The van der Waals surface area contributed by atoms with Gasteiger partial charge in [-0.1, -0.05) is 52.0 Å². The van der Waals surface area contributed by atoms with E-state index in [1.165, 1.54) is 0 Å². The van der Waals surface area contributed by atoms with Crippen LogP contribution in [0.2, 0.25) is 0 Å². The van der Waals surface area contributed by atoms with Gasteiger partial charge in [0.2, 0.25) is 5.62 Å². The van der Waals surface area contributed by atoms with Crippen LogP contribution in [0.4, 0.5) is 5.82 Å². The zero-order valence-corrected chi connectivity index (χ0v) is 20.7. The molecule has 0 amide bonds. The molecule has 1 unspecified atom stereocenters. The van der Waals surface area contributed by atoms with Crippen LogP contribution in [0.5, 0.6) is 0 Å². The van der Waals surface area contributed by atoms with Gasteiger partial charge in [0, 0.05) is 18.2 Å². The maximum Gasteiger partial charge on any atom is 0.228 e. The van der Waals surface area contributed by atoms with E-state index >= 15 is 0 Å². The molecule has 0 radical (unpaired) electrons. The molecule has 8 nitrogen and oxygen atoms in total. The average molecular weight is 453 g/mol. The molecule has 0 bridgehead atoms. The van der Waals surface area contributed by atoms with Gasteiger partial charge in [0.15, 0.2) is 17.1 Å². The van der Waals surface area contributed by atoms with Crippen LogP contribution in [0, 0.1) is 5.92 Å². The lowest BCUT2D eigenvalue weighted by molar-refractivity contribution is 0.101. The van der Waals surface area contributed by atoms with Crippen LogP contribution in [0.3, 0.4) is 0 Å². The number of aromatic amines is 1. The number of hydrogen-bond acceptors (Lipinski definition) is 6. The number of benzene rings is 1. The Morgan fingerprint density at radius 3 is 2.45 bits per heavy atom. The van der Waals surface area contributed by atoms with Crippen molar-refractivity contribution in [3.63, 3.8) is 0 Å². The van der Waals surface area contributed by atoms with Crippen LogP contribution in [-0.2, 0) is 6.54 Å². The second-order valence-corrected chi connectivity index (χ2v) is 9.40. The standard InChI is InChI=1S/C25H36N6O2/c1-14(2)20(13-32)27-25-28-24(26-12-18-10-8-9-11-19(18)17(7)33)22-23(31(25)16(5)6)21(15(3)4)29-30-22/h8-11,14-16,20,32H,12-13H2,1-7H3,(H,29,30)(H,26,27,28). The molecule has 0 aliphatic carbocycles. The van der Waals surface area contributed by atoms with Crippen molar-refractivity contribution in [2.45, 2.75) is 73.0 Å². The van der Waals surface area contributed by atoms with Gasteiger partial charge in [-0.25, -0.2) is 4.99 Å². The van der Waals surface area contributed by atoms with Crippen molar-refractivity contribution in [1.82, 2.24) is 19.7 Å². The second-order valence-electron chi connectivity index (χ2n) is 9.40. The minimum atomic E-state index is -0.263. The fourth-order valence-corrected chi connectivity index (χ4v) is 3.92. The molecular weight excluding hydrogens is 416 g/mol. The van der Waals surface area contributed by atoms with Gasteiger partial charge in [0.25, 0.3) is 0 Å². The van der Waals surface area contributed by atoms with Crippen molar-refractivity contribution in [3.8, 4) is 0 Å². The van der Waals surface area contributed by atoms with Crippen molar-refractivity contribution in [2.75, 3.05) is 11.9 Å². The Labute approximate surface area is 195 Å². The quantitative estimate of drug-likeness (QED) is 0.422. The largest absolute Gasteiger partial charge is 0.394 e. The van der Waals surface area contributed by atoms with Gasteiger partial charge in [-0.05, 0) is 38.2 Å². The van der Waals surface area contributed by atoms with Gasteiger partial charge in [0.1, 0.15) is 0 Å². The summed E-state index contributed by atoms with van der Waals surface area (Å²) in [7, 11) is 0. The Kier molecular flexibility index (Phi) is 7.68. The van der Waals surface area contributed by atoms with Crippen molar-refractivity contribution < 1.29 is 9.90 Å². The van der Waals surface area contributed by atoms with Gasteiger partial charge in [-0.2, -0.15) is 10.1 Å². The molecule has 33 heavy (non-hydrogen) atoms. The SMILES string of the molecule is CC(=O)c1ccccc1CNc1nc(=NC(CO)C(C)C)n(C(C)C)c2c(C(C)C)[nH]nc12. The summed E-state index contributed by atoms with van der Waals surface area (Å²) in [5.41, 5.74) is 4.83. The van der Waals surface area contributed by atoms with E-state index in [-0.39, 0.29) is 36.3 Å². The summed E-state index contributed by atoms with van der Waals surface area (Å²) in [4.78, 5) is 21.8. The number of nitrogens with one attached hydrogen (secondary N) is 2. The van der Waals surface area contributed by atoms with E-state index in [1.54, 1.807) is 6.92 Å². The van der Waals surface area contributed by atoms with Gasteiger partial charge in [0.05, 0.1) is 23.9 Å². The number of anilines is 1. The third kappa shape index (κ3) is 5.16. The zero-order chi connectivity index (χ0) is 24.3. The lowest BCUT2D eigenvalue weighted by Crippen LogP contribution is -2.32. The molecule has 178 valence electrons. The Morgan fingerprint density at radius 1 is 1.18 bits per heavy atom. The number of hydrogen-bond donors (Lipinski definition) is 3. The number of aliphatic hydroxyl groups excluding tert-OH is 1. The number of carbonyl (C=O) groups is 1. The zero-order valence-electron chi connectivity index (χ0n) is 20.7. The minimum absolute atomic E-state index is 0.0245. The molecule has 3 aromatic rings. The van der Waals surface area contributed by atoms with E-state index in [0.717, 1.165) is 22.3 Å². The van der Waals surface area contributed by atoms with Crippen molar-refractivity contribution in [3.05, 3.63) is 46.7 Å². The average Bonchev–Trinajstić information content (AvgIpc) is 3.20. The fourth-order valence-electron chi connectivity index (χ4n) is 3.92. The van der Waals surface area contributed by atoms with Gasteiger partial charge < -0.3 is 15.0 Å². The summed E-state index contributed by atoms with van der Waals surface area (Å²) < 4.78 is 2.09. The molecule has 0 saturated carbocycles. The van der Waals surface area contributed by atoms with Gasteiger partial charge in [-0.15, -0.1) is 0 Å². The Balaban J connectivity index is 2.22. The van der Waals surface area contributed by atoms with Crippen LogP contribution in [0.1, 0.15) is 82.0 Å². The summed E-state index contributed by atoms with van der Waals surface area (Å²) in [6.07, 6.45) is 0. The summed E-state index contributed by atoms with van der Waals surface area (Å²) >= 11 is 0. The first-order valence-corrected chi connectivity index (χ1v) is 11.6. The molecule has 2 heterocycles. The number of H-pyrrole nitrogens is 1. The molecule has 0 spiro atoms. The third-order valence-corrected chi connectivity index (χ3v) is 5.83. The number of rotatable bonds is 9. The summed E-state index contributed by atoms with van der Waals surface area (Å²) in [5, 5.41) is 21.1. The molecule has 2 aromatic heterocycles. The number of Topliss-reactive ketones (excluding diaryl/α,β-unsaturated/α-hetero) is 1. The van der Waals surface area contributed by atoms with Crippen LogP contribution < -0.4 is 10.9 Å². The highest BCUT2D eigenvalue weighted by atomic mass is 16.3. The summed E-state index contributed by atoms with van der Waals surface area (Å²) in [6, 6.07) is 7.39. The molecule has 8 heteroatoms. The molecule has 1 atom stereocenters. The van der Waals surface area contributed by atoms with Crippen LogP contribution in [0.25, 0.3) is 11.0 Å². The Morgan fingerprint density at radius 2 is 1.88 bits per heavy atom. The fraction of sp³-hybridized carbons (Fsp3) is 0.520. The third-order valence-electron chi connectivity index (χ3n) is 5.83. The molecular formula is C25H36N6O2. The van der Waals surface area contributed by atoms with E-state index in [0.29, 0.717) is 23.5 Å². The highest BCUT2D eigenvalue weighted by Crippen LogP contribution is 2.28. The van der Waals surface area contributed by atoms with E-state index in [4.69, 9.17) is 9.98 Å². The summed E-state index contributed by atoms with van der Waals surface area (Å²) in [5.74, 6) is 1.01. The number of carbonyl (C=O) groups excluding carboxylic acids is 1. The van der Waals surface area contributed by atoms with E-state index in [1.807, 2.05) is 38.1 Å². The molecule has 0 aliphatic rings. The Hall–Kier alpha value is -3.00. The van der Waals surface area contributed by atoms with Crippen molar-refractivity contribution >= 4 is 22.6 Å². The van der Waals surface area contributed by atoms with Crippen molar-refractivity contribution in [1.29, 1.82) is 0 Å². The predicted molar refractivity (Wildman–Crippen MR) is 131 cm³/mol. The number of aliphatic hydroxyl groups is 1. The first-order chi connectivity index (χ1) is 15.6. The lowest BCUT2D eigenvalue weighted by atomic mass is 10.0.